The van der Waals surface area contributed by atoms with Gasteiger partial charge in [0.2, 0.25) is 0 Å². The molecule has 0 bridgehead atoms. The molecule has 250 valence electrons. The predicted octanol–water partition coefficient (Wildman–Crippen LogP) is 9.98. The Bertz CT molecular complexity index is 2800. The van der Waals surface area contributed by atoms with E-state index in [9.17, 15) is 5.26 Å². The molecule has 0 saturated heterocycles. The molecule has 0 radical (unpaired) electrons. The van der Waals surface area contributed by atoms with E-state index in [4.69, 9.17) is 15.0 Å². The molecule has 0 aliphatic rings. The van der Waals surface area contributed by atoms with E-state index in [-0.39, 0.29) is 0 Å². The van der Waals surface area contributed by atoms with Crippen molar-refractivity contribution in [2.45, 2.75) is 13.8 Å². The molecule has 0 aliphatic carbocycles. The van der Waals surface area contributed by atoms with Crippen LogP contribution in [0.2, 0.25) is 0 Å². The van der Waals surface area contributed by atoms with Crippen LogP contribution in [0.15, 0.2) is 146 Å². The average Bonchev–Trinajstić information content (AvgIpc) is 3.54. The van der Waals surface area contributed by atoms with Crippen LogP contribution in [0.1, 0.15) is 17.2 Å². The number of nitrogens with zero attached hydrogens (tertiary/aromatic N) is 8. The van der Waals surface area contributed by atoms with E-state index in [1.165, 1.54) is 0 Å². The molecule has 0 unspecified atom stereocenters. The van der Waals surface area contributed by atoms with E-state index in [1.54, 1.807) is 0 Å². The minimum Gasteiger partial charge on any atom is -0.308 e. The van der Waals surface area contributed by atoms with Gasteiger partial charge >= 0.3 is 0 Å². The molecule has 53 heavy (non-hydrogen) atoms. The van der Waals surface area contributed by atoms with Gasteiger partial charge in [-0.2, -0.15) is 5.26 Å². The van der Waals surface area contributed by atoms with Gasteiger partial charge in [-0.25, -0.2) is 29.9 Å². The largest absolute Gasteiger partial charge is 0.308 e. The van der Waals surface area contributed by atoms with Gasteiger partial charge in [-0.1, -0.05) is 115 Å². The van der Waals surface area contributed by atoms with Gasteiger partial charge in [0, 0.05) is 33.0 Å². The van der Waals surface area contributed by atoms with Crippen molar-refractivity contribution in [3.8, 4) is 68.4 Å². The second kappa shape index (κ2) is 13.1. The lowest BCUT2D eigenvalue weighted by atomic mass is 9.97. The summed E-state index contributed by atoms with van der Waals surface area (Å²) in [4.78, 5) is 29.1. The first kappa shape index (κ1) is 31.6. The number of hydrogen-bond acceptors (Lipinski definition) is 7. The van der Waals surface area contributed by atoms with E-state index in [0.717, 1.165) is 60.9 Å². The first-order chi connectivity index (χ1) is 26.0. The van der Waals surface area contributed by atoms with Crippen molar-refractivity contribution in [3.05, 3.63) is 163 Å². The maximum absolute atomic E-state index is 10.1. The number of hydrogen-bond donors (Lipinski definition) is 0. The Hall–Kier alpha value is -7.37. The van der Waals surface area contributed by atoms with Crippen LogP contribution in [0.4, 0.5) is 0 Å². The standard InChI is InChI=1S/C45H30N8/c1-28-47-29(2)49-44(48-28)33-21-23-37-36-19-11-12-20-39(36)53(41(37)26-33)40-24-22-32(35-18-10-9-17-34(35)27-46)25-38(40)45-51-42(30-13-5-3-6-14-30)50-43(52-45)31-15-7-4-8-16-31/h3-26H,1-2H3. The van der Waals surface area contributed by atoms with E-state index < -0.39 is 0 Å². The lowest BCUT2D eigenvalue weighted by Gasteiger charge is -2.17. The van der Waals surface area contributed by atoms with Crippen molar-refractivity contribution in [1.29, 1.82) is 5.26 Å². The van der Waals surface area contributed by atoms with E-state index in [1.807, 2.05) is 98.8 Å². The smallest absolute Gasteiger partial charge is 0.166 e. The second-order valence-corrected chi connectivity index (χ2v) is 12.8. The number of fused-ring (bicyclic) bond motifs is 3. The zero-order chi connectivity index (χ0) is 35.9. The van der Waals surface area contributed by atoms with Crippen LogP contribution in [0.3, 0.4) is 0 Å². The summed E-state index contributed by atoms with van der Waals surface area (Å²) in [6.07, 6.45) is 0. The molecule has 6 aromatic carbocycles. The lowest BCUT2D eigenvalue weighted by molar-refractivity contribution is 0.928. The molecular weight excluding hydrogens is 653 g/mol. The molecule has 0 aliphatic heterocycles. The van der Waals surface area contributed by atoms with Crippen LogP contribution >= 0.6 is 0 Å². The third kappa shape index (κ3) is 5.76. The zero-order valence-electron chi connectivity index (χ0n) is 28.9. The highest BCUT2D eigenvalue weighted by Gasteiger charge is 2.21. The molecule has 3 heterocycles. The van der Waals surface area contributed by atoms with Crippen LogP contribution in [-0.2, 0) is 0 Å². The summed E-state index contributed by atoms with van der Waals surface area (Å²) in [5.74, 6) is 3.59. The molecule has 0 saturated carbocycles. The molecule has 0 fully saturated rings. The molecule has 8 heteroatoms. The number of aryl methyl sites for hydroxylation is 2. The van der Waals surface area contributed by atoms with Gasteiger partial charge < -0.3 is 4.57 Å². The monoisotopic (exact) mass is 682 g/mol. The van der Waals surface area contributed by atoms with Crippen LogP contribution < -0.4 is 0 Å². The minimum absolute atomic E-state index is 0.509. The highest BCUT2D eigenvalue weighted by molar-refractivity contribution is 6.10. The van der Waals surface area contributed by atoms with Gasteiger partial charge in [-0.3, -0.25) is 0 Å². The molecule has 3 aromatic heterocycles. The third-order valence-electron chi connectivity index (χ3n) is 9.33. The van der Waals surface area contributed by atoms with Crippen LogP contribution in [0, 0.1) is 25.2 Å². The normalized spacial score (nSPS) is 11.2. The summed E-state index contributed by atoms with van der Waals surface area (Å²) in [5.41, 5.74) is 8.59. The molecule has 0 N–H and O–H groups in total. The van der Waals surface area contributed by atoms with Gasteiger partial charge in [0.1, 0.15) is 11.6 Å². The van der Waals surface area contributed by atoms with Crippen LogP contribution in [0.25, 0.3) is 84.2 Å². The first-order valence-corrected chi connectivity index (χ1v) is 17.3. The SMILES string of the molecule is Cc1nc(C)nc(-c2ccc3c4ccccc4n(-c4ccc(-c5ccccc5C#N)cc4-c4nc(-c5ccccc5)nc(-c5ccccc5)n4)c3c2)n1. The lowest BCUT2D eigenvalue weighted by Crippen LogP contribution is -2.04. The Morgan fingerprint density at radius 1 is 0.434 bits per heavy atom. The first-order valence-electron chi connectivity index (χ1n) is 17.3. The maximum atomic E-state index is 10.1. The van der Waals surface area contributed by atoms with Crippen molar-refractivity contribution in [2.24, 2.45) is 0 Å². The van der Waals surface area contributed by atoms with Crippen molar-refractivity contribution in [2.75, 3.05) is 0 Å². The van der Waals surface area contributed by atoms with Gasteiger partial charge in [0.05, 0.1) is 28.4 Å². The number of rotatable bonds is 6. The fourth-order valence-electron chi connectivity index (χ4n) is 6.95. The van der Waals surface area contributed by atoms with E-state index in [0.29, 0.717) is 40.5 Å². The third-order valence-corrected chi connectivity index (χ3v) is 9.33. The molecule has 0 spiro atoms. The highest BCUT2D eigenvalue weighted by atomic mass is 15.1. The summed E-state index contributed by atoms with van der Waals surface area (Å²) in [6, 6.07) is 50.9. The van der Waals surface area contributed by atoms with Crippen molar-refractivity contribution in [1.82, 2.24) is 34.5 Å². The fraction of sp³-hybridized carbons (Fsp3) is 0.0444. The summed E-state index contributed by atoms with van der Waals surface area (Å²) in [5, 5.41) is 12.3. The minimum atomic E-state index is 0.509. The van der Waals surface area contributed by atoms with Crippen LogP contribution in [0.5, 0.6) is 0 Å². The molecular formula is C45H30N8. The zero-order valence-corrected chi connectivity index (χ0v) is 28.9. The fourth-order valence-corrected chi connectivity index (χ4v) is 6.95. The molecule has 9 aromatic rings. The van der Waals surface area contributed by atoms with Crippen molar-refractivity contribution in [3.63, 3.8) is 0 Å². The van der Waals surface area contributed by atoms with Gasteiger partial charge in [-0.05, 0) is 55.3 Å². The summed E-state index contributed by atoms with van der Waals surface area (Å²) in [6.45, 7) is 3.77. The predicted molar refractivity (Wildman–Crippen MR) is 209 cm³/mol. The summed E-state index contributed by atoms with van der Waals surface area (Å²) >= 11 is 0. The van der Waals surface area contributed by atoms with E-state index >= 15 is 0 Å². The molecule has 0 amide bonds. The number of aromatic nitrogens is 7. The topological polar surface area (TPSA) is 106 Å². The molecule has 8 nitrogen and oxygen atoms in total. The maximum Gasteiger partial charge on any atom is 0.166 e. The van der Waals surface area contributed by atoms with Crippen molar-refractivity contribution >= 4 is 21.8 Å². The quantitative estimate of drug-likeness (QED) is 0.172. The average molecular weight is 683 g/mol. The Balaban J connectivity index is 1.37. The van der Waals surface area contributed by atoms with Crippen molar-refractivity contribution < 1.29 is 0 Å². The Labute approximate surface area is 305 Å². The number of benzene rings is 6. The van der Waals surface area contributed by atoms with Crippen LogP contribution in [-0.4, -0.2) is 34.5 Å². The molecule has 9 rings (SSSR count). The molecule has 0 atom stereocenters. The summed E-state index contributed by atoms with van der Waals surface area (Å²) in [7, 11) is 0. The second-order valence-electron chi connectivity index (χ2n) is 12.8. The van der Waals surface area contributed by atoms with Gasteiger partial charge in [-0.15, -0.1) is 0 Å². The number of para-hydroxylation sites is 1. The number of nitriles is 1. The highest BCUT2D eigenvalue weighted by Crippen LogP contribution is 2.39. The summed E-state index contributed by atoms with van der Waals surface area (Å²) < 4.78 is 2.26. The Morgan fingerprint density at radius 3 is 1.70 bits per heavy atom. The van der Waals surface area contributed by atoms with Gasteiger partial charge in [0.15, 0.2) is 23.3 Å². The van der Waals surface area contributed by atoms with Gasteiger partial charge in [0.25, 0.3) is 0 Å². The van der Waals surface area contributed by atoms with E-state index in [2.05, 4.69) is 86.3 Å². The Morgan fingerprint density at radius 2 is 1.00 bits per heavy atom. The Kier molecular flexibility index (Phi) is 7.79.